The van der Waals surface area contributed by atoms with E-state index in [1.165, 1.54) is 0 Å². The van der Waals surface area contributed by atoms with Crippen molar-refractivity contribution in [3.8, 4) is 0 Å². The zero-order valence-electron chi connectivity index (χ0n) is 6.95. The second-order valence-corrected chi connectivity index (χ2v) is 0.477. The third-order valence-electron chi connectivity index (χ3n) is 0. The van der Waals surface area contributed by atoms with Crippen LogP contribution in [-0.2, 0) is 19.6 Å². The fourth-order valence-electron chi connectivity index (χ4n) is 0. The van der Waals surface area contributed by atoms with Crippen LogP contribution in [-0.4, -0.2) is 48.9 Å². The van der Waals surface area contributed by atoms with E-state index in [1.807, 2.05) is 0 Å². The van der Waals surface area contributed by atoms with Crippen molar-refractivity contribution in [2.75, 3.05) is 28.4 Å². The molecule has 0 bridgehead atoms. The monoisotopic (exact) mass is 350 g/mol. The molecule has 0 aromatic carbocycles. The van der Waals surface area contributed by atoms with Crippen molar-refractivity contribution in [3.63, 3.8) is 0 Å². The topological polar surface area (TPSA) is 80.9 Å². The van der Waals surface area contributed by atoms with Gasteiger partial charge in [0.1, 0.15) is 0 Å². The average molecular weight is 350 g/mol. The summed E-state index contributed by atoms with van der Waals surface area (Å²) < 4.78 is 19.6. The first-order valence-electron chi connectivity index (χ1n) is 2.10. The zero-order valence-corrected chi connectivity index (χ0v) is 9.89. The molecule has 11 heavy (non-hydrogen) atoms. The molecule has 4 nitrogen and oxygen atoms in total. The molecule has 0 aliphatic rings. The number of hydrogen-bond acceptors (Lipinski definition) is 4. The second kappa shape index (κ2) is 475. The third-order valence-corrected chi connectivity index (χ3v) is 0. The molecule has 4 N–H and O–H groups in total. The van der Waals surface area contributed by atoms with Crippen LogP contribution in [0.5, 0.6) is 0 Å². The molecule has 0 heterocycles. The molecular weight excluding hydrogens is 334 g/mol. The summed E-state index contributed by atoms with van der Waals surface area (Å²) >= 11 is -2.75. The van der Waals surface area contributed by atoms with Crippen LogP contribution in [0.2, 0.25) is 0 Å². The Morgan fingerprint density at radius 3 is 0.636 bits per heavy atom. The predicted octanol–water partition coefficient (Wildman–Crippen LogP) is -0.728. The Morgan fingerprint density at radius 2 is 0.636 bits per heavy atom. The van der Waals surface area contributed by atoms with Gasteiger partial charge in [-0.1, -0.05) is 0 Å². The van der Waals surface area contributed by atoms with Crippen molar-refractivity contribution in [3.05, 3.63) is 0 Å². The van der Waals surface area contributed by atoms with Crippen molar-refractivity contribution in [2.24, 2.45) is 0 Å². The van der Waals surface area contributed by atoms with Gasteiger partial charge in [-0.3, -0.25) is 0 Å². The van der Waals surface area contributed by atoms with Crippen molar-refractivity contribution in [1.29, 1.82) is 0 Å². The van der Waals surface area contributed by atoms with Crippen LogP contribution in [0.1, 0.15) is 0 Å². The molecule has 0 aliphatic carbocycles. The third kappa shape index (κ3) is 4850. The van der Waals surface area contributed by atoms with Gasteiger partial charge in [-0.05, 0) is 0 Å². The summed E-state index contributed by atoms with van der Waals surface area (Å²) in [5, 5.41) is 28.0. The van der Waals surface area contributed by atoms with Crippen molar-refractivity contribution < 1.29 is 46.4 Å². The predicted molar refractivity (Wildman–Crippen MR) is 34.8 cm³/mol. The fraction of sp³-hybridized carbons (Fsp3) is 1.00. The van der Waals surface area contributed by atoms with E-state index >= 15 is 0 Å². The van der Waals surface area contributed by atoms with E-state index < -0.39 is 19.6 Å². The molecule has 0 aromatic rings. The minimum absolute atomic E-state index is 1.00. The molecule has 0 amide bonds. The van der Waals surface area contributed by atoms with Gasteiger partial charge in [0.05, 0.1) is 0 Å². The summed E-state index contributed by atoms with van der Waals surface area (Å²) in [6.07, 6.45) is 0. The van der Waals surface area contributed by atoms with Gasteiger partial charge < -0.3 is 20.4 Å². The van der Waals surface area contributed by atoms with Gasteiger partial charge in [0.2, 0.25) is 0 Å². The Hall–Kier alpha value is 0.388. The van der Waals surface area contributed by atoms with Crippen LogP contribution < -0.4 is 0 Å². The van der Waals surface area contributed by atoms with E-state index in [9.17, 15) is 6.32 Å². The van der Waals surface area contributed by atoms with Crippen molar-refractivity contribution >= 4 is 0 Å². The summed E-state index contributed by atoms with van der Waals surface area (Å²) in [4.78, 5) is 0. The van der Waals surface area contributed by atoms with Crippen LogP contribution in [0.3, 0.4) is 0 Å². The number of hydrogen-bond donors (Lipinski definition) is 4. The molecule has 0 aromatic heterocycles. The zero-order chi connectivity index (χ0) is 10.7. The maximum absolute atomic E-state index is 9.79. The molecular formula is C4H16F2O4W. The van der Waals surface area contributed by atoms with Crippen LogP contribution in [0.15, 0.2) is 0 Å². The molecule has 7 heteroatoms. The molecule has 0 spiro atoms. The van der Waals surface area contributed by atoms with E-state index in [0.717, 1.165) is 28.4 Å². The summed E-state index contributed by atoms with van der Waals surface area (Å²) in [5.74, 6) is 0. The summed E-state index contributed by atoms with van der Waals surface area (Å²) in [7, 11) is 4.00. The normalized spacial score (nSPS) is 3.82. The van der Waals surface area contributed by atoms with Gasteiger partial charge in [0.25, 0.3) is 0 Å². The second-order valence-electron chi connectivity index (χ2n) is 0.0583. The summed E-state index contributed by atoms with van der Waals surface area (Å²) in [6, 6.07) is 0. The quantitative estimate of drug-likeness (QED) is 0.465. The number of halogens is 2. The van der Waals surface area contributed by atoms with E-state index in [0.29, 0.717) is 0 Å². The van der Waals surface area contributed by atoms with Gasteiger partial charge >= 0.3 is 25.9 Å². The minimum atomic E-state index is -2.75. The molecule has 0 saturated carbocycles. The molecule has 0 aliphatic heterocycles. The molecule has 0 radical (unpaired) electrons. The summed E-state index contributed by atoms with van der Waals surface area (Å²) in [5.41, 5.74) is 0. The van der Waals surface area contributed by atoms with E-state index in [2.05, 4.69) is 0 Å². The van der Waals surface area contributed by atoms with Crippen LogP contribution >= 0.6 is 0 Å². The van der Waals surface area contributed by atoms with Crippen LogP contribution in [0.4, 0.5) is 6.32 Å². The molecule has 0 atom stereocenters. The van der Waals surface area contributed by atoms with Gasteiger partial charge in [0, 0.05) is 28.4 Å². The first kappa shape index (κ1) is 30.1. The van der Waals surface area contributed by atoms with Crippen molar-refractivity contribution in [2.45, 2.75) is 0 Å². The number of rotatable bonds is 0. The molecule has 76 valence electrons. The van der Waals surface area contributed by atoms with Crippen molar-refractivity contribution in [1.82, 2.24) is 0 Å². The first-order chi connectivity index (χ1) is 5.41. The SMILES string of the molecule is CO.CO.CO.CO.[F][W][F]. The summed E-state index contributed by atoms with van der Waals surface area (Å²) in [6.45, 7) is 0. The van der Waals surface area contributed by atoms with Gasteiger partial charge in [0.15, 0.2) is 0 Å². The van der Waals surface area contributed by atoms with E-state index in [1.54, 1.807) is 0 Å². The van der Waals surface area contributed by atoms with Gasteiger partial charge in [-0.2, -0.15) is 0 Å². The van der Waals surface area contributed by atoms with E-state index in [4.69, 9.17) is 20.4 Å². The molecule has 0 rings (SSSR count). The van der Waals surface area contributed by atoms with Gasteiger partial charge in [-0.15, -0.1) is 0 Å². The Balaban J connectivity index is -0.0000000139. The maximum atomic E-state index is 9.79. The standard InChI is InChI=1S/4CH4O.2FH.W/c4*1-2;;;/h4*2H,1H3;2*1H;/q;;;;;;+2/p-2. The molecule has 0 unspecified atom stereocenters. The first-order valence-corrected chi connectivity index (χ1v) is 4.31. The number of aliphatic hydroxyl groups excluding tert-OH is 4. The fourth-order valence-corrected chi connectivity index (χ4v) is 0. The van der Waals surface area contributed by atoms with Crippen LogP contribution in [0, 0.1) is 0 Å². The Bertz CT molecular complexity index is 20.1. The Labute approximate surface area is 75.3 Å². The Morgan fingerprint density at radius 1 is 0.636 bits per heavy atom. The van der Waals surface area contributed by atoms with E-state index in [-0.39, 0.29) is 0 Å². The molecule has 0 saturated heterocycles. The molecule has 0 fully saturated rings. The van der Waals surface area contributed by atoms with Crippen LogP contribution in [0.25, 0.3) is 0 Å². The Kier molecular flexibility index (Phi) is 1300. The number of aliphatic hydroxyl groups is 4. The average Bonchev–Trinajstić information content (AvgIpc) is 2.18. The van der Waals surface area contributed by atoms with Gasteiger partial charge in [-0.25, -0.2) is 0 Å².